The van der Waals surface area contributed by atoms with Gasteiger partial charge in [0.05, 0.1) is 13.0 Å². The highest BCUT2D eigenvalue weighted by Gasteiger charge is 2.15. The summed E-state index contributed by atoms with van der Waals surface area (Å²) in [5, 5.41) is 3.12. The summed E-state index contributed by atoms with van der Waals surface area (Å²) in [6, 6.07) is 0. The molecular weight excluding hydrogens is 190 g/mol. The van der Waals surface area contributed by atoms with E-state index in [0.29, 0.717) is 18.9 Å². The Morgan fingerprint density at radius 2 is 2.07 bits per heavy atom. The lowest BCUT2D eigenvalue weighted by atomic mass is 9.90. The molecule has 0 amide bonds. The fraction of sp³-hybridized carbons (Fsp3) is 0.917. The summed E-state index contributed by atoms with van der Waals surface area (Å²) in [6.45, 7) is 4.33. The highest BCUT2D eigenvalue weighted by Crippen LogP contribution is 2.23. The maximum atomic E-state index is 11.3. The van der Waals surface area contributed by atoms with Crippen molar-refractivity contribution in [3.05, 3.63) is 0 Å². The fourth-order valence-electron chi connectivity index (χ4n) is 2.00. The van der Waals surface area contributed by atoms with Crippen LogP contribution >= 0.6 is 0 Å². The quantitative estimate of drug-likeness (QED) is 0.542. The lowest BCUT2D eigenvalue weighted by molar-refractivity contribution is -0.145. The highest BCUT2D eigenvalue weighted by atomic mass is 16.5. The zero-order chi connectivity index (χ0) is 10.9. The van der Waals surface area contributed by atoms with Gasteiger partial charge in [0.1, 0.15) is 0 Å². The molecule has 1 fully saturated rings. The zero-order valence-electron chi connectivity index (χ0n) is 9.76. The summed E-state index contributed by atoms with van der Waals surface area (Å²) in [6.07, 6.45) is 6.94. The lowest BCUT2D eigenvalue weighted by Gasteiger charge is -2.20. The molecule has 1 aliphatic carbocycles. The Morgan fingerprint density at radius 1 is 1.33 bits per heavy atom. The second-order valence-corrected chi connectivity index (χ2v) is 4.29. The summed E-state index contributed by atoms with van der Waals surface area (Å²) in [5.74, 6) is 0.573. The second-order valence-electron chi connectivity index (χ2n) is 4.29. The van der Waals surface area contributed by atoms with Gasteiger partial charge in [0.25, 0.3) is 0 Å². The van der Waals surface area contributed by atoms with Crippen molar-refractivity contribution >= 4 is 5.97 Å². The minimum absolute atomic E-state index is 0.0541. The Kier molecular flexibility index (Phi) is 6.41. The first kappa shape index (κ1) is 12.5. The third-order valence-electron chi connectivity index (χ3n) is 2.96. The Balaban J connectivity index is 2.00. The third kappa shape index (κ3) is 5.78. The van der Waals surface area contributed by atoms with Crippen molar-refractivity contribution < 1.29 is 9.53 Å². The molecule has 0 saturated heterocycles. The van der Waals surface area contributed by atoms with E-state index in [2.05, 4.69) is 5.32 Å². The molecule has 3 nitrogen and oxygen atoms in total. The largest absolute Gasteiger partial charge is 0.465 e. The van der Waals surface area contributed by atoms with E-state index in [0.717, 1.165) is 13.1 Å². The van der Waals surface area contributed by atoms with Crippen LogP contribution in [0, 0.1) is 5.92 Å². The van der Waals surface area contributed by atoms with Crippen LogP contribution in [0.25, 0.3) is 0 Å². The molecule has 0 atom stereocenters. The van der Waals surface area contributed by atoms with E-state index in [9.17, 15) is 4.79 Å². The van der Waals surface area contributed by atoms with Gasteiger partial charge in [-0.05, 0) is 25.3 Å². The number of ether oxygens (including phenoxy) is 1. The molecule has 1 N–H and O–H groups in total. The first-order chi connectivity index (χ1) is 7.33. The van der Waals surface area contributed by atoms with Crippen molar-refractivity contribution in [3.63, 3.8) is 0 Å². The van der Waals surface area contributed by atoms with E-state index >= 15 is 0 Å². The Hall–Kier alpha value is -0.570. The molecule has 1 rings (SSSR count). The molecule has 0 radical (unpaired) electrons. The van der Waals surface area contributed by atoms with Crippen molar-refractivity contribution in [2.45, 2.75) is 45.4 Å². The molecule has 1 aliphatic rings. The average molecular weight is 213 g/mol. The molecule has 0 aromatic heterocycles. The van der Waals surface area contributed by atoms with Gasteiger partial charge < -0.3 is 10.1 Å². The fourth-order valence-corrected chi connectivity index (χ4v) is 2.00. The minimum atomic E-state index is -0.0541. The van der Waals surface area contributed by atoms with Gasteiger partial charge in [-0.2, -0.15) is 0 Å². The molecule has 1 saturated carbocycles. The minimum Gasteiger partial charge on any atom is -0.465 e. The van der Waals surface area contributed by atoms with Crippen molar-refractivity contribution in [1.29, 1.82) is 0 Å². The number of nitrogens with one attached hydrogen (secondary N) is 1. The molecule has 0 aromatic carbocycles. The molecule has 0 aliphatic heterocycles. The van der Waals surface area contributed by atoms with E-state index in [-0.39, 0.29) is 5.97 Å². The van der Waals surface area contributed by atoms with Crippen LogP contribution in [0.3, 0.4) is 0 Å². The SMILES string of the molecule is CCNCCC(=O)OCC1CCCCC1. The van der Waals surface area contributed by atoms with Gasteiger partial charge in [-0.1, -0.05) is 26.2 Å². The van der Waals surface area contributed by atoms with Crippen LogP contribution in [0.1, 0.15) is 45.4 Å². The normalized spacial score (nSPS) is 17.7. The number of rotatable bonds is 6. The van der Waals surface area contributed by atoms with Crippen LogP contribution in [0.5, 0.6) is 0 Å². The number of carbonyl (C=O) groups excluding carboxylic acids is 1. The summed E-state index contributed by atoms with van der Waals surface area (Å²) in [7, 11) is 0. The van der Waals surface area contributed by atoms with Gasteiger partial charge >= 0.3 is 5.97 Å². The second kappa shape index (κ2) is 7.69. The first-order valence-corrected chi connectivity index (χ1v) is 6.19. The molecule has 0 heterocycles. The van der Waals surface area contributed by atoms with Crippen LogP contribution in [0.15, 0.2) is 0 Å². The number of esters is 1. The zero-order valence-corrected chi connectivity index (χ0v) is 9.76. The number of hydrogen-bond acceptors (Lipinski definition) is 3. The van der Waals surface area contributed by atoms with Crippen LogP contribution in [0.4, 0.5) is 0 Å². The monoisotopic (exact) mass is 213 g/mol. The maximum Gasteiger partial charge on any atom is 0.307 e. The topological polar surface area (TPSA) is 38.3 Å². The molecule has 0 unspecified atom stereocenters. The molecule has 88 valence electrons. The van der Waals surface area contributed by atoms with Crippen LogP contribution in [-0.4, -0.2) is 25.7 Å². The molecule has 15 heavy (non-hydrogen) atoms. The summed E-state index contributed by atoms with van der Waals surface area (Å²) >= 11 is 0. The molecule has 0 bridgehead atoms. The standard InChI is InChI=1S/C12H23NO2/c1-2-13-9-8-12(14)15-10-11-6-4-3-5-7-11/h11,13H,2-10H2,1H3. The van der Waals surface area contributed by atoms with E-state index in [1.165, 1.54) is 32.1 Å². The molecule has 0 spiro atoms. The molecule has 3 heteroatoms. The van der Waals surface area contributed by atoms with Crippen molar-refractivity contribution in [1.82, 2.24) is 5.32 Å². The van der Waals surface area contributed by atoms with Crippen molar-refractivity contribution in [2.75, 3.05) is 19.7 Å². The van der Waals surface area contributed by atoms with E-state index in [4.69, 9.17) is 4.74 Å². The first-order valence-electron chi connectivity index (χ1n) is 6.19. The van der Waals surface area contributed by atoms with Crippen molar-refractivity contribution in [3.8, 4) is 0 Å². The van der Waals surface area contributed by atoms with Gasteiger partial charge in [-0.15, -0.1) is 0 Å². The number of hydrogen-bond donors (Lipinski definition) is 1. The average Bonchev–Trinajstić information content (AvgIpc) is 2.28. The van der Waals surface area contributed by atoms with E-state index in [1.54, 1.807) is 0 Å². The Labute approximate surface area is 92.6 Å². The summed E-state index contributed by atoms with van der Waals surface area (Å²) in [5.41, 5.74) is 0. The Bertz CT molecular complexity index is 176. The van der Waals surface area contributed by atoms with Gasteiger partial charge in [-0.3, -0.25) is 4.79 Å². The van der Waals surface area contributed by atoms with E-state index < -0.39 is 0 Å². The molecule has 0 aromatic rings. The number of carbonyl (C=O) groups is 1. The predicted molar refractivity (Wildman–Crippen MR) is 60.7 cm³/mol. The van der Waals surface area contributed by atoms with E-state index in [1.807, 2.05) is 6.92 Å². The molecular formula is C12H23NO2. The van der Waals surface area contributed by atoms with Gasteiger partial charge in [-0.25, -0.2) is 0 Å². The van der Waals surface area contributed by atoms with Crippen molar-refractivity contribution in [2.24, 2.45) is 5.92 Å². The predicted octanol–water partition coefficient (Wildman–Crippen LogP) is 2.11. The summed E-state index contributed by atoms with van der Waals surface area (Å²) in [4.78, 5) is 11.3. The maximum absolute atomic E-state index is 11.3. The van der Waals surface area contributed by atoms with Gasteiger partial charge in [0.15, 0.2) is 0 Å². The Morgan fingerprint density at radius 3 is 2.73 bits per heavy atom. The van der Waals surface area contributed by atoms with Gasteiger partial charge in [0.2, 0.25) is 0 Å². The lowest BCUT2D eigenvalue weighted by Crippen LogP contribution is -2.21. The highest BCUT2D eigenvalue weighted by molar-refractivity contribution is 5.69. The van der Waals surface area contributed by atoms with Crippen LogP contribution in [-0.2, 0) is 9.53 Å². The van der Waals surface area contributed by atoms with Gasteiger partial charge in [0, 0.05) is 6.54 Å². The third-order valence-corrected chi connectivity index (χ3v) is 2.96. The smallest absolute Gasteiger partial charge is 0.307 e. The van der Waals surface area contributed by atoms with Crippen LogP contribution < -0.4 is 5.32 Å². The van der Waals surface area contributed by atoms with Crippen LogP contribution in [0.2, 0.25) is 0 Å². The summed E-state index contributed by atoms with van der Waals surface area (Å²) < 4.78 is 5.25.